The van der Waals surface area contributed by atoms with Crippen molar-refractivity contribution in [3.8, 4) is 0 Å². The van der Waals surface area contributed by atoms with Gasteiger partial charge in [0.25, 0.3) is 0 Å². The minimum atomic E-state index is -1.54. The molecule has 0 spiro atoms. The van der Waals surface area contributed by atoms with Gasteiger partial charge < -0.3 is 28.4 Å². The largest absolute Gasteiger partial charge is 0.467 e. The number of hydrogen-bond acceptors (Lipinski definition) is 12. The first-order chi connectivity index (χ1) is 20.7. The number of methoxy groups -OCH3 is 1. The Bertz CT molecular complexity index is 1270. The first-order valence-corrected chi connectivity index (χ1v) is 15.4. The Morgan fingerprint density at radius 1 is 0.818 bits per heavy atom. The van der Waals surface area contributed by atoms with Crippen molar-refractivity contribution >= 4 is 35.4 Å². The van der Waals surface area contributed by atoms with E-state index in [1.165, 1.54) is 0 Å². The van der Waals surface area contributed by atoms with Crippen LogP contribution in [0.4, 0.5) is 0 Å². The van der Waals surface area contributed by atoms with E-state index in [-0.39, 0.29) is 34.7 Å². The van der Waals surface area contributed by atoms with E-state index in [1.54, 1.807) is 6.08 Å². The van der Waals surface area contributed by atoms with Crippen LogP contribution < -0.4 is 0 Å². The van der Waals surface area contributed by atoms with E-state index in [1.807, 2.05) is 6.92 Å². The molecule has 4 fully saturated rings. The Balaban J connectivity index is 1.41. The van der Waals surface area contributed by atoms with Gasteiger partial charge in [-0.3, -0.25) is 24.0 Å². The standard InChI is InChI=1S/C32H42O12/c1-15(33)40-25-26(41-16(2)34)28(42-17(3)35)30(44-27(25)29(38)39-6)43-19-9-11-31(4)18(13-19)14-22(36)24-20-7-8-23(37)32(20,5)12-10-21(24)31/h14,19-21,24-28,30H,7-13H2,1-6H3/t19-,20?,21?,24?,25+,26+,27+,28-,30-,31+,32+/m1/s1. The number of ketones is 2. The fraction of sp³-hybridized carbons (Fsp3) is 0.750. The summed E-state index contributed by atoms with van der Waals surface area (Å²) in [4.78, 5) is 75.4. The summed E-state index contributed by atoms with van der Waals surface area (Å²) in [6.45, 7) is 7.63. The topological polar surface area (TPSA) is 158 Å². The van der Waals surface area contributed by atoms with Gasteiger partial charge in [0.05, 0.1) is 13.2 Å². The summed E-state index contributed by atoms with van der Waals surface area (Å²) in [7, 11) is 1.13. The zero-order valence-corrected chi connectivity index (χ0v) is 26.1. The van der Waals surface area contributed by atoms with E-state index in [9.17, 15) is 28.8 Å². The van der Waals surface area contributed by atoms with Crippen LogP contribution in [-0.2, 0) is 57.2 Å². The van der Waals surface area contributed by atoms with E-state index in [4.69, 9.17) is 28.4 Å². The Hall–Kier alpha value is -3.12. The number of rotatable bonds is 6. The average Bonchev–Trinajstić information content (AvgIpc) is 3.25. The summed E-state index contributed by atoms with van der Waals surface area (Å²) in [6, 6.07) is 0. The minimum Gasteiger partial charge on any atom is -0.467 e. The number of hydrogen-bond donors (Lipinski definition) is 0. The van der Waals surface area contributed by atoms with E-state index >= 15 is 0 Å². The zero-order chi connectivity index (χ0) is 32.1. The van der Waals surface area contributed by atoms with Gasteiger partial charge >= 0.3 is 23.9 Å². The molecule has 0 aromatic heterocycles. The number of esters is 4. The highest BCUT2D eigenvalue weighted by molar-refractivity contribution is 5.96. The van der Waals surface area contributed by atoms with Gasteiger partial charge in [-0.1, -0.05) is 19.4 Å². The molecule has 0 radical (unpaired) electrons. The Morgan fingerprint density at radius 2 is 1.41 bits per heavy atom. The second-order valence-corrected chi connectivity index (χ2v) is 13.3. The van der Waals surface area contributed by atoms with Gasteiger partial charge in [-0.15, -0.1) is 0 Å². The van der Waals surface area contributed by atoms with Gasteiger partial charge in [0.15, 0.2) is 36.5 Å². The highest BCUT2D eigenvalue weighted by Crippen LogP contribution is 2.63. The van der Waals surface area contributed by atoms with E-state index in [0.717, 1.165) is 52.7 Å². The Morgan fingerprint density at radius 3 is 2.05 bits per heavy atom. The van der Waals surface area contributed by atoms with Gasteiger partial charge in [-0.25, -0.2) is 4.79 Å². The quantitative estimate of drug-likeness (QED) is 0.317. The lowest BCUT2D eigenvalue weighted by Crippen LogP contribution is -2.64. The van der Waals surface area contributed by atoms with Crippen molar-refractivity contribution in [3.05, 3.63) is 11.6 Å². The zero-order valence-electron chi connectivity index (χ0n) is 26.1. The minimum absolute atomic E-state index is 0.0589. The summed E-state index contributed by atoms with van der Waals surface area (Å²) in [5.74, 6) is -2.85. The van der Waals surface area contributed by atoms with Crippen LogP contribution >= 0.6 is 0 Å². The third-order valence-corrected chi connectivity index (χ3v) is 10.8. The molecule has 3 saturated carbocycles. The van der Waals surface area contributed by atoms with Crippen LogP contribution in [0.5, 0.6) is 0 Å². The molecule has 0 amide bonds. The fourth-order valence-electron chi connectivity index (χ4n) is 8.64. The number of carbonyl (C=O) groups excluding carboxylic acids is 6. The lowest BCUT2D eigenvalue weighted by molar-refractivity contribution is -0.312. The van der Waals surface area contributed by atoms with Crippen LogP contribution in [0.1, 0.15) is 79.6 Å². The first kappa shape index (κ1) is 32.3. The summed E-state index contributed by atoms with van der Waals surface area (Å²) in [6.07, 6.45) is -1.41. The van der Waals surface area contributed by atoms with Crippen LogP contribution in [0.15, 0.2) is 11.6 Å². The lowest BCUT2D eigenvalue weighted by atomic mass is 9.48. The summed E-state index contributed by atoms with van der Waals surface area (Å²) < 4.78 is 33.5. The maximum Gasteiger partial charge on any atom is 0.339 e. The van der Waals surface area contributed by atoms with Crippen LogP contribution in [0, 0.1) is 28.6 Å². The highest BCUT2D eigenvalue weighted by Gasteiger charge is 2.61. The molecule has 12 heteroatoms. The Labute approximate surface area is 256 Å². The van der Waals surface area contributed by atoms with E-state index < -0.39 is 66.1 Å². The predicted molar refractivity (Wildman–Crippen MR) is 149 cm³/mol. The number of ether oxygens (including phenoxy) is 6. The molecule has 11 atom stereocenters. The second-order valence-electron chi connectivity index (χ2n) is 13.3. The molecule has 5 aliphatic rings. The van der Waals surface area contributed by atoms with E-state index in [2.05, 4.69) is 6.92 Å². The molecule has 0 aromatic rings. The number of fused-ring (bicyclic) bond motifs is 5. The summed E-state index contributed by atoms with van der Waals surface area (Å²) >= 11 is 0. The second kappa shape index (κ2) is 12.0. The highest BCUT2D eigenvalue weighted by atomic mass is 16.7. The van der Waals surface area contributed by atoms with E-state index in [0.29, 0.717) is 25.7 Å². The number of allylic oxidation sites excluding steroid dienone is 1. The van der Waals surface area contributed by atoms with Crippen molar-refractivity contribution in [1.82, 2.24) is 0 Å². The molecule has 1 aliphatic heterocycles. The molecule has 4 aliphatic carbocycles. The molecular weight excluding hydrogens is 576 g/mol. The van der Waals surface area contributed by atoms with Crippen LogP contribution in [0.25, 0.3) is 0 Å². The summed E-state index contributed by atoms with van der Waals surface area (Å²) in [5, 5.41) is 0. The third-order valence-electron chi connectivity index (χ3n) is 10.8. The normalized spacial score (nSPS) is 41.3. The molecule has 1 heterocycles. The SMILES string of the molecule is COC(=O)[C@H]1O[C@@H](O[C@@H]2CC[C@@]3(C)C(=CC(=O)C4C3CC[C@]3(C)C(=O)CCC43)C2)[C@H](OC(C)=O)[C@@H](OC(C)=O)[C@@H]1OC(C)=O. The monoisotopic (exact) mass is 618 g/mol. The van der Waals surface area contributed by atoms with Crippen LogP contribution in [0.3, 0.4) is 0 Å². The molecule has 0 N–H and O–H groups in total. The van der Waals surface area contributed by atoms with Gasteiger partial charge in [-0.05, 0) is 61.9 Å². The molecule has 242 valence electrons. The molecular formula is C32H42O12. The maximum atomic E-state index is 13.7. The molecule has 1 saturated heterocycles. The van der Waals surface area contributed by atoms with Crippen molar-refractivity contribution < 1.29 is 57.2 Å². The van der Waals surface area contributed by atoms with Crippen molar-refractivity contribution in [2.24, 2.45) is 28.6 Å². The molecule has 44 heavy (non-hydrogen) atoms. The molecule has 12 nitrogen and oxygen atoms in total. The van der Waals surface area contributed by atoms with Crippen LogP contribution in [0.2, 0.25) is 0 Å². The number of carbonyl (C=O) groups is 6. The molecule has 3 unspecified atom stereocenters. The predicted octanol–water partition coefficient (Wildman–Crippen LogP) is 2.78. The maximum absolute atomic E-state index is 13.7. The van der Waals surface area contributed by atoms with Crippen molar-refractivity contribution in [1.29, 1.82) is 0 Å². The Kier molecular flexibility index (Phi) is 8.80. The smallest absolute Gasteiger partial charge is 0.339 e. The number of Topliss-reactive ketones (excluding diaryl/α,β-unsaturated/α-hetero) is 1. The molecule has 0 bridgehead atoms. The van der Waals surface area contributed by atoms with Gasteiger partial charge in [-0.2, -0.15) is 0 Å². The molecule has 5 rings (SSSR count). The van der Waals surface area contributed by atoms with Crippen LogP contribution in [-0.4, -0.2) is 79.4 Å². The summed E-state index contributed by atoms with van der Waals surface area (Å²) in [5.41, 5.74) is 0.289. The average molecular weight is 619 g/mol. The van der Waals surface area contributed by atoms with Gasteiger partial charge in [0, 0.05) is 38.5 Å². The third kappa shape index (κ3) is 5.59. The van der Waals surface area contributed by atoms with Crippen molar-refractivity contribution in [2.45, 2.75) is 116 Å². The fourth-order valence-corrected chi connectivity index (χ4v) is 8.64. The first-order valence-electron chi connectivity index (χ1n) is 15.4. The van der Waals surface area contributed by atoms with Gasteiger partial charge in [0.2, 0.25) is 0 Å². The molecule has 0 aromatic carbocycles. The van der Waals surface area contributed by atoms with Crippen molar-refractivity contribution in [3.63, 3.8) is 0 Å². The van der Waals surface area contributed by atoms with Crippen molar-refractivity contribution in [2.75, 3.05) is 7.11 Å². The lowest BCUT2D eigenvalue weighted by Gasteiger charge is -2.56. The van der Waals surface area contributed by atoms with Gasteiger partial charge in [0.1, 0.15) is 5.78 Å².